The highest BCUT2D eigenvalue weighted by atomic mass is 16.6. The molecule has 3 aromatic heterocycles. The number of ether oxygens (including phenoxy) is 1. The molecular formula is C32H41N5O2. The predicted octanol–water partition coefficient (Wildman–Crippen LogP) is 6.98. The molecule has 7 nitrogen and oxygen atoms in total. The van der Waals surface area contributed by atoms with Crippen molar-refractivity contribution in [3.8, 4) is 11.1 Å². The number of hydrogen-bond acceptors (Lipinski definition) is 6. The third-order valence-electron chi connectivity index (χ3n) is 7.91. The highest BCUT2D eigenvalue weighted by Gasteiger charge is 2.23. The summed E-state index contributed by atoms with van der Waals surface area (Å²) in [7, 11) is 0. The molecule has 0 bridgehead atoms. The van der Waals surface area contributed by atoms with Crippen LogP contribution in [0.2, 0.25) is 0 Å². The lowest BCUT2D eigenvalue weighted by molar-refractivity contribution is 0.0551. The van der Waals surface area contributed by atoms with Gasteiger partial charge >= 0.3 is 6.09 Å². The summed E-state index contributed by atoms with van der Waals surface area (Å²) in [5.74, 6) is 1.84. The molecular weight excluding hydrogens is 486 g/mol. The first-order chi connectivity index (χ1) is 18.8. The molecule has 1 aliphatic heterocycles. The zero-order valence-corrected chi connectivity index (χ0v) is 24.0. The molecule has 39 heavy (non-hydrogen) atoms. The van der Waals surface area contributed by atoms with Gasteiger partial charge in [-0.25, -0.2) is 14.3 Å². The number of rotatable bonds is 7. The molecule has 0 N–H and O–H groups in total. The summed E-state index contributed by atoms with van der Waals surface area (Å²) >= 11 is 0. The van der Waals surface area contributed by atoms with Gasteiger partial charge in [0.25, 0.3) is 0 Å². The van der Waals surface area contributed by atoms with Gasteiger partial charge in [-0.1, -0.05) is 26.0 Å². The Morgan fingerprint density at radius 1 is 0.974 bits per heavy atom. The topological polar surface area (TPSA) is 63.5 Å². The van der Waals surface area contributed by atoms with Crippen LogP contribution in [0.15, 0.2) is 55.0 Å². The van der Waals surface area contributed by atoms with Crippen molar-refractivity contribution in [1.82, 2.24) is 19.4 Å². The molecule has 1 aromatic carbocycles. The van der Waals surface area contributed by atoms with Gasteiger partial charge < -0.3 is 14.5 Å². The van der Waals surface area contributed by atoms with Gasteiger partial charge in [0.1, 0.15) is 11.4 Å². The van der Waals surface area contributed by atoms with E-state index in [9.17, 15) is 4.79 Å². The van der Waals surface area contributed by atoms with E-state index in [0.29, 0.717) is 0 Å². The summed E-state index contributed by atoms with van der Waals surface area (Å²) in [6, 6.07) is 12.3. The quantitative estimate of drug-likeness (QED) is 0.258. The molecule has 4 aromatic rings. The second-order valence-corrected chi connectivity index (χ2v) is 11.6. The SMILES string of the molecule is CCN(CC)CCC1CCN(c2ccc(-c3ccc4c5cnccc5n(C(=O)OC(C)(C)C)c4c3)cn2)CC1. The largest absolute Gasteiger partial charge is 0.443 e. The zero-order valence-electron chi connectivity index (χ0n) is 24.0. The molecule has 4 heterocycles. The maximum atomic E-state index is 13.2. The Hall–Kier alpha value is -3.45. The fraction of sp³-hybridized carbons (Fsp3) is 0.469. The highest BCUT2D eigenvalue weighted by molar-refractivity contribution is 6.13. The van der Waals surface area contributed by atoms with Crippen molar-refractivity contribution in [1.29, 1.82) is 0 Å². The number of benzene rings is 1. The van der Waals surface area contributed by atoms with E-state index < -0.39 is 5.60 Å². The Morgan fingerprint density at radius 3 is 2.38 bits per heavy atom. The van der Waals surface area contributed by atoms with Crippen LogP contribution in [-0.4, -0.2) is 63.9 Å². The molecule has 0 aliphatic carbocycles. The standard InChI is InChI=1S/C32H41N5O2/c1-6-35(7-2)17-13-23-14-18-36(19-15-23)30-11-9-25(21-34-30)24-8-10-26-27-22-33-16-12-28(27)37(29(26)20-24)31(38)39-32(3,4)5/h8-12,16,20-23H,6-7,13-15,17-19H2,1-5H3. The lowest BCUT2D eigenvalue weighted by atomic mass is 9.93. The molecule has 206 valence electrons. The maximum Gasteiger partial charge on any atom is 0.419 e. The van der Waals surface area contributed by atoms with Crippen LogP contribution in [0, 0.1) is 5.92 Å². The Labute approximate surface area is 231 Å². The lowest BCUT2D eigenvalue weighted by Crippen LogP contribution is -2.35. The third-order valence-corrected chi connectivity index (χ3v) is 7.91. The molecule has 1 fully saturated rings. The van der Waals surface area contributed by atoms with Crippen LogP contribution in [0.5, 0.6) is 0 Å². The maximum absolute atomic E-state index is 13.2. The van der Waals surface area contributed by atoms with E-state index in [2.05, 4.69) is 59.0 Å². The molecule has 7 heteroatoms. The Morgan fingerprint density at radius 2 is 1.72 bits per heavy atom. The summed E-state index contributed by atoms with van der Waals surface area (Å²) < 4.78 is 7.42. The van der Waals surface area contributed by atoms with Crippen LogP contribution >= 0.6 is 0 Å². The number of anilines is 1. The van der Waals surface area contributed by atoms with E-state index in [1.54, 1.807) is 17.0 Å². The summed E-state index contributed by atoms with van der Waals surface area (Å²) in [6.45, 7) is 15.7. The molecule has 0 amide bonds. The molecule has 5 rings (SSSR count). The van der Waals surface area contributed by atoms with E-state index in [0.717, 1.165) is 70.8 Å². The van der Waals surface area contributed by atoms with Crippen LogP contribution in [0.4, 0.5) is 10.6 Å². The van der Waals surface area contributed by atoms with Crippen molar-refractivity contribution >= 4 is 33.7 Å². The number of piperidine rings is 1. The van der Waals surface area contributed by atoms with Gasteiger partial charge in [-0.2, -0.15) is 0 Å². The van der Waals surface area contributed by atoms with E-state index in [-0.39, 0.29) is 6.09 Å². The average Bonchev–Trinajstić information content (AvgIpc) is 3.27. The monoisotopic (exact) mass is 527 g/mol. The number of fused-ring (bicyclic) bond motifs is 3. The summed E-state index contributed by atoms with van der Waals surface area (Å²) in [6.07, 6.45) is 8.82. The van der Waals surface area contributed by atoms with Crippen LogP contribution in [-0.2, 0) is 4.74 Å². The number of nitrogens with zero attached hydrogens (tertiary/aromatic N) is 5. The van der Waals surface area contributed by atoms with E-state index in [1.807, 2.05) is 33.0 Å². The van der Waals surface area contributed by atoms with Gasteiger partial charge in [0, 0.05) is 48.0 Å². The van der Waals surface area contributed by atoms with E-state index in [4.69, 9.17) is 9.72 Å². The first-order valence-electron chi connectivity index (χ1n) is 14.3. The molecule has 0 saturated carbocycles. The van der Waals surface area contributed by atoms with Gasteiger partial charge in [-0.3, -0.25) is 4.98 Å². The van der Waals surface area contributed by atoms with Gasteiger partial charge in [-0.05, 0) is 95.4 Å². The van der Waals surface area contributed by atoms with Gasteiger partial charge in [0.05, 0.1) is 11.0 Å². The van der Waals surface area contributed by atoms with Crippen LogP contribution < -0.4 is 4.90 Å². The van der Waals surface area contributed by atoms with Crippen LogP contribution in [0.25, 0.3) is 32.9 Å². The Bertz CT molecular complexity index is 1420. The summed E-state index contributed by atoms with van der Waals surface area (Å²) in [5.41, 5.74) is 3.04. The number of pyridine rings is 2. The van der Waals surface area contributed by atoms with E-state index >= 15 is 0 Å². The minimum absolute atomic E-state index is 0.389. The van der Waals surface area contributed by atoms with Crippen LogP contribution in [0.3, 0.4) is 0 Å². The predicted molar refractivity (Wildman–Crippen MR) is 159 cm³/mol. The molecule has 1 aliphatic rings. The molecule has 0 spiro atoms. The summed E-state index contributed by atoms with van der Waals surface area (Å²) in [4.78, 5) is 27.3. The van der Waals surface area contributed by atoms with Crippen molar-refractivity contribution in [3.63, 3.8) is 0 Å². The first kappa shape index (κ1) is 27.1. The number of carbonyl (C=O) groups excluding carboxylic acids is 1. The lowest BCUT2D eigenvalue weighted by Gasteiger charge is -2.33. The van der Waals surface area contributed by atoms with Crippen molar-refractivity contribution in [2.75, 3.05) is 37.6 Å². The van der Waals surface area contributed by atoms with Crippen molar-refractivity contribution in [3.05, 3.63) is 55.0 Å². The van der Waals surface area contributed by atoms with Crippen LogP contribution in [0.1, 0.15) is 53.9 Å². The number of carbonyl (C=O) groups is 1. The average molecular weight is 528 g/mol. The molecule has 0 radical (unpaired) electrons. The zero-order chi connectivity index (χ0) is 27.6. The second kappa shape index (κ2) is 11.3. The van der Waals surface area contributed by atoms with Crippen molar-refractivity contribution in [2.24, 2.45) is 5.92 Å². The van der Waals surface area contributed by atoms with Crippen molar-refractivity contribution in [2.45, 2.75) is 59.5 Å². The van der Waals surface area contributed by atoms with Gasteiger partial charge in [0.2, 0.25) is 0 Å². The van der Waals surface area contributed by atoms with Gasteiger partial charge in [0.15, 0.2) is 0 Å². The highest BCUT2D eigenvalue weighted by Crippen LogP contribution is 2.33. The fourth-order valence-corrected chi connectivity index (χ4v) is 5.65. The first-order valence-corrected chi connectivity index (χ1v) is 14.3. The fourth-order valence-electron chi connectivity index (χ4n) is 5.65. The Balaban J connectivity index is 1.35. The van der Waals surface area contributed by atoms with Crippen molar-refractivity contribution < 1.29 is 9.53 Å². The minimum atomic E-state index is -0.593. The molecule has 1 saturated heterocycles. The smallest absolute Gasteiger partial charge is 0.419 e. The molecule has 0 unspecified atom stereocenters. The molecule has 0 atom stereocenters. The minimum Gasteiger partial charge on any atom is -0.443 e. The Kier molecular flexibility index (Phi) is 7.89. The summed E-state index contributed by atoms with van der Waals surface area (Å²) in [5, 5.41) is 1.90. The normalized spacial score (nSPS) is 15.0. The second-order valence-electron chi connectivity index (χ2n) is 11.6. The van der Waals surface area contributed by atoms with Gasteiger partial charge in [-0.15, -0.1) is 0 Å². The number of aromatic nitrogens is 3. The third kappa shape index (κ3) is 5.93. The number of hydrogen-bond donors (Lipinski definition) is 0. The van der Waals surface area contributed by atoms with E-state index in [1.165, 1.54) is 25.8 Å².